The van der Waals surface area contributed by atoms with Gasteiger partial charge >= 0.3 is 6.01 Å². The van der Waals surface area contributed by atoms with Crippen molar-refractivity contribution in [2.75, 3.05) is 11.9 Å². The molecular weight excluding hydrogens is 393 g/mol. The van der Waals surface area contributed by atoms with Crippen molar-refractivity contribution in [1.29, 1.82) is 0 Å². The van der Waals surface area contributed by atoms with Gasteiger partial charge in [-0.1, -0.05) is 0 Å². The number of anilines is 1. The fourth-order valence-corrected chi connectivity index (χ4v) is 2.05. The molecule has 0 aliphatic carbocycles. The number of aromatic amines is 1. The van der Waals surface area contributed by atoms with Crippen molar-refractivity contribution in [2.24, 2.45) is 0 Å². The molecule has 110 valence electrons. The molecule has 1 amide bonds. The standard InChI is InChI=1S/C11H10IN5O4/c1-2-21-11-14-10(15-16-11)13-9(18)7-5-6(17(19)20)3-4-8(7)12/h3-5H,2H2,1H3,(H2,13,14,15,16,18). The number of hydrogen-bond acceptors (Lipinski definition) is 6. The summed E-state index contributed by atoms with van der Waals surface area (Å²) in [5.41, 5.74) is 0.0206. The fourth-order valence-electron chi connectivity index (χ4n) is 1.47. The van der Waals surface area contributed by atoms with E-state index in [-0.39, 0.29) is 23.2 Å². The summed E-state index contributed by atoms with van der Waals surface area (Å²) in [4.78, 5) is 26.2. The van der Waals surface area contributed by atoms with E-state index < -0.39 is 10.8 Å². The maximum Gasteiger partial charge on any atom is 0.337 e. The second kappa shape index (κ2) is 6.47. The van der Waals surface area contributed by atoms with Crippen molar-refractivity contribution >= 4 is 40.1 Å². The van der Waals surface area contributed by atoms with Gasteiger partial charge in [0.15, 0.2) is 0 Å². The molecule has 0 saturated carbocycles. The smallest absolute Gasteiger partial charge is 0.337 e. The molecule has 0 bridgehead atoms. The van der Waals surface area contributed by atoms with Crippen LogP contribution in [0.15, 0.2) is 18.2 Å². The molecule has 21 heavy (non-hydrogen) atoms. The summed E-state index contributed by atoms with van der Waals surface area (Å²) >= 11 is 1.92. The molecule has 1 aromatic carbocycles. The quantitative estimate of drug-likeness (QED) is 0.447. The molecule has 0 fully saturated rings. The summed E-state index contributed by atoms with van der Waals surface area (Å²) in [5.74, 6) is -0.423. The molecule has 1 heterocycles. The van der Waals surface area contributed by atoms with Crippen LogP contribution in [0.4, 0.5) is 11.6 Å². The molecule has 2 rings (SSSR count). The molecular formula is C11H10IN5O4. The molecule has 0 unspecified atom stereocenters. The predicted octanol–water partition coefficient (Wildman–Crippen LogP) is 1.97. The second-order valence-electron chi connectivity index (χ2n) is 3.77. The minimum Gasteiger partial charge on any atom is -0.463 e. The van der Waals surface area contributed by atoms with Crippen molar-refractivity contribution < 1.29 is 14.5 Å². The number of H-pyrrole nitrogens is 1. The minimum atomic E-state index is -0.561. The highest BCUT2D eigenvalue weighted by Gasteiger charge is 2.17. The highest BCUT2D eigenvalue weighted by atomic mass is 127. The van der Waals surface area contributed by atoms with E-state index in [9.17, 15) is 14.9 Å². The van der Waals surface area contributed by atoms with E-state index in [4.69, 9.17) is 4.74 Å². The van der Waals surface area contributed by atoms with Gasteiger partial charge in [0.2, 0.25) is 5.95 Å². The number of aromatic nitrogens is 3. The van der Waals surface area contributed by atoms with Crippen molar-refractivity contribution in [3.63, 3.8) is 0 Å². The van der Waals surface area contributed by atoms with Crippen LogP contribution in [0, 0.1) is 13.7 Å². The Bertz CT molecular complexity index is 687. The lowest BCUT2D eigenvalue weighted by Crippen LogP contribution is -2.14. The number of non-ortho nitro benzene ring substituents is 1. The average molecular weight is 403 g/mol. The van der Waals surface area contributed by atoms with Crippen LogP contribution in [-0.2, 0) is 0 Å². The van der Waals surface area contributed by atoms with E-state index >= 15 is 0 Å². The number of hydrogen-bond donors (Lipinski definition) is 2. The Morgan fingerprint density at radius 3 is 3.00 bits per heavy atom. The van der Waals surface area contributed by atoms with E-state index in [1.54, 1.807) is 6.92 Å². The van der Waals surface area contributed by atoms with Gasteiger partial charge in [-0.05, 0) is 35.6 Å². The maximum absolute atomic E-state index is 12.1. The summed E-state index contributed by atoms with van der Waals surface area (Å²) in [7, 11) is 0. The lowest BCUT2D eigenvalue weighted by Gasteiger charge is -2.04. The third kappa shape index (κ3) is 3.65. The lowest BCUT2D eigenvalue weighted by atomic mass is 10.2. The molecule has 0 radical (unpaired) electrons. The third-order valence-electron chi connectivity index (χ3n) is 2.38. The number of carbonyl (C=O) groups excluding carboxylic acids is 1. The second-order valence-corrected chi connectivity index (χ2v) is 4.94. The van der Waals surface area contributed by atoms with Crippen molar-refractivity contribution in [1.82, 2.24) is 15.2 Å². The van der Waals surface area contributed by atoms with Crippen molar-refractivity contribution in [3.05, 3.63) is 37.4 Å². The Balaban J connectivity index is 2.19. The predicted molar refractivity (Wildman–Crippen MR) is 81.3 cm³/mol. The summed E-state index contributed by atoms with van der Waals surface area (Å²) in [6.45, 7) is 2.17. The van der Waals surface area contributed by atoms with Crippen molar-refractivity contribution in [2.45, 2.75) is 6.92 Å². The zero-order valence-electron chi connectivity index (χ0n) is 10.8. The van der Waals surface area contributed by atoms with Crippen LogP contribution in [0.25, 0.3) is 0 Å². The summed E-state index contributed by atoms with van der Waals surface area (Å²) in [6, 6.07) is 4.15. The van der Waals surface area contributed by atoms with Gasteiger partial charge in [0, 0.05) is 15.7 Å². The highest BCUT2D eigenvalue weighted by Crippen LogP contribution is 2.20. The summed E-state index contributed by atoms with van der Waals surface area (Å²) in [5, 5.41) is 19.4. The van der Waals surface area contributed by atoms with Crippen LogP contribution in [0.2, 0.25) is 0 Å². The van der Waals surface area contributed by atoms with E-state index in [2.05, 4.69) is 20.5 Å². The van der Waals surface area contributed by atoms with Crippen LogP contribution in [0.3, 0.4) is 0 Å². The first-order chi connectivity index (χ1) is 10.0. The topological polar surface area (TPSA) is 123 Å². The fraction of sp³-hybridized carbons (Fsp3) is 0.182. The molecule has 0 saturated heterocycles. The SMILES string of the molecule is CCOc1n[nH]c(NC(=O)c2cc([N+](=O)[O-])ccc2I)n1. The highest BCUT2D eigenvalue weighted by molar-refractivity contribution is 14.1. The van der Waals surface area contributed by atoms with Crippen LogP contribution < -0.4 is 10.1 Å². The van der Waals surface area contributed by atoms with Crippen LogP contribution in [-0.4, -0.2) is 32.6 Å². The number of amides is 1. The number of nitrogens with one attached hydrogen (secondary N) is 2. The first kappa shape index (κ1) is 15.2. The van der Waals surface area contributed by atoms with E-state index in [1.165, 1.54) is 18.2 Å². The Morgan fingerprint density at radius 2 is 2.33 bits per heavy atom. The number of halogens is 1. The first-order valence-electron chi connectivity index (χ1n) is 5.81. The minimum absolute atomic E-state index is 0.103. The average Bonchev–Trinajstić information content (AvgIpc) is 2.86. The maximum atomic E-state index is 12.1. The number of carbonyl (C=O) groups is 1. The van der Waals surface area contributed by atoms with Gasteiger partial charge in [-0.2, -0.15) is 4.98 Å². The molecule has 0 spiro atoms. The third-order valence-corrected chi connectivity index (χ3v) is 3.32. The molecule has 9 nitrogen and oxygen atoms in total. The number of ether oxygens (including phenoxy) is 1. The van der Waals surface area contributed by atoms with Gasteiger partial charge in [-0.3, -0.25) is 20.2 Å². The van der Waals surface area contributed by atoms with Gasteiger partial charge in [0.1, 0.15) is 0 Å². The number of benzene rings is 1. The van der Waals surface area contributed by atoms with E-state index in [0.29, 0.717) is 10.2 Å². The Morgan fingerprint density at radius 1 is 1.57 bits per heavy atom. The lowest BCUT2D eigenvalue weighted by molar-refractivity contribution is -0.384. The number of nitro benzene ring substituents is 1. The zero-order chi connectivity index (χ0) is 15.4. The molecule has 0 atom stereocenters. The molecule has 2 aromatic rings. The molecule has 10 heteroatoms. The molecule has 1 aromatic heterocycles. The van der Waals surface area contributed by atoms with E-state index in [0.717, 1.165) is 0 Å². The van der Waals surface area contributed by atoms with Crippen LogP contribution in [0.1, 0.15) is 17.3 Å². The Hall–Kier alpha value is -2.24. The zero-order valence-corrected chi connectivity index (χ0v) is 12.9. The first-order valence-corrected chi connectivity index (χ1v) is 6.89. The Kier molecular flexibility index (Phi) is 4.67. The van der Waals surface area contributed by atoms with Gasteiger partial charge < -0.3 is 4.74 Å². The van der Waals surface area contributed by atoms with Gasteiger partial charge in [-0.15, -0.1) is 5.10 Å². The molecule has 2 N–H and O–H groups in total. The van der Waals surface area contributed by atoms with Gasteiger partial charge in [0.25, 0.3) is 11.6 Å². The van der Waals surface area contributed by atoms with Crippen LogP contribution >= 0.6 is 22.6 Å². The Labute approximate surface area is 132 Å². The molecule has 0 aliphatic rings. The number of nitrogens with zero attached hydrogens (tertiary/aromatic N) is 3. The number of nitro groups is 1. The van der Waals surface area contributed by atoms with E-state index in [1.807, 2.05) is 22.6 Å². The summed E-state index contributed by atoms with van der Waals surface area (Å²) < 4.78 is 5.64. The van der Waals surface area contributed by atoms with Gasteiger partial charge in [0.05, 0.1) is 17.1 Å². The van der Waals surface area contributed by atoms with Crippen LogP contribution in [0.5, 0.6) is 6.01 Å². The number of rotatable bonds is 5. The largest absolute Gasteiger partial charge is 0.463 e. The van der Waals surface area contributed by atoms with Gasteiger partial charge in [-0.25, -0.2) is 5.10 Å². The monoisotopic (exact) mass is 403 g/mol. The van der Waals surface area contributed by atoms with Crippen molar-refractivity contribution in [3.8, 4) is 6.01 Å². The summed E-state index contributed by atoms with van der Waals surface area (Å²) in [6.07, 6.45) is 0. The molecule has 0 aliphatic heterocycles. The normalized spacial score (nSPS) is 10.2.